The summed E-state index contributed by atoms with van der Waals surface area (Å²) in [4.78, 5) is -0.280. The Labute approximate surface area is 92.2 Å². The van der Waals surface area contributed by atoms with Crippen molar-refractivity contribution in [1.29, 1.82) is 5.26 Å². The molecule has 0 spiro atoms. The lowest BCUT2D eigenvalue weighted by atomic mass is 10.2. The summed E-state index contributed by atoms with van der Waals surface area (Å²) in [6, 6.07) is 5.46. The first-order valence-corrected chi connectivity index (χ1v) is 5.46. The highest BCUT2D eigenvalue weighted by molar-refractivity contribution is 7.90. The van der Waals surface area contributed by atoms with Crippen molar-refractivity contribution >= 4 is 21.7 Å². The average Bonchev–Trinajstić information content (AvgIpc) is 2.15. The predicted octanol–water partition coefficient (Wildman–Crippen LogP) is -0.897. The number of hydrogen-bond donors (Lipinski definition) is 3. The maximum absolute atomic E-state index is 11.6. The molecule has 7 nitrogen and oxygen atoms in total. The molecule has 0 amide bonds. The third-order valence-electron chi connectivity index (χ3n) is 1.63. The van der Waals surface area contributed by atoms with Crippen LogP contribution in [0, 0.1) is 11.3 Å². The van der Waals surface area contributed by atoms with E-state index in [1.54, 1.807) is 6.07 Å². The van der Waals surface area contributed by atoms with Crippen molar-refractivity contribution in [2.45, 2.75) is 4.90 Å². The number of guanidine groups is 1. The second-order valence-corrected chi connectivity index (χ2v) is 4.43. The molecular formula is C8H9N5O2S. The zero-order valence-corrected chi connectivity index (χ0v) is 8.90. The van der Waals surface area contributed by atoms with Crippen LogP contribution in [0.5, 0.6) is 0 Å². The highest BCUT2D eigenvalue weighted by atomic mass is 32.2. The standard InChI is InChI=1S/C8H9N5O2S/c9-4-5-3-6(10)1-2-7(5)16(14,15)13-8(11)12/h1-3H,10H2,(H4,11,12,13). The number of nitrogen functional groups attached to an aromatic ring is 1. The normalized spacial score (nSPS) is 10.4. The molecule has 0 aliphatic rings. The Morgan fingerprint density at radius 3 is 2.50 bits per heavy atom. The molecule has 8 heteroatoms. The fraction of sp³-hybridized carbons (Fsp3) is 0. The second-order valence-electron chi connectivity index (χ2n) is 2.86. The number of nitrogens with two attached hydrogens (primary N) is 3. The van der Waals surface area contributed by atoms with Crippen LogP contribution in [0.4, 0.5) is 5.69 Å². The van der Waals surface area contributed by atoms with E-state index >= 15 is 0 Å². The molecule has 84 valence electrons. The molecule has 1 aromatic carbocycles. The maximum Gasteiger partial charge on any atom is 0.286 e. The number of hydrogen-bond acceptors (Lipinski definition) is 4. The van der Waals surface area contributed by atoms with Crippen LogP contribution in [0.25, 0.3) is 0 Å². The number of benzene rings is 1. The molecule has 1 aromatic rings. The first-order chi connectivity index (χ1) is 7.36. The fourth-order valence-corrected chi connectivity index (χ4v) is 2.05. The summed E-state index contributed by atoms with van der Waals surface area (Å²) >= 11 is 0. The number of nitrogens with zero attached hydrogens (tertiary/aromatic N) is 2. The third-order valence-corrected chi connectivity index (χ3v) is 2.99. The average molecular weight is 239 g/mol. The van der Waals surface area contributed by atoms with Gasteiger partial charge in [-0.05, 0) is 18.2 Å². The lowest BCUT2D eigenvalue weighted by molar-refractivity contribution is 0.597. The summed E-state index contributed by atoms with van der Waals surface area (Å²) in [5.74, 6) is -0.597. The van der Waals surface area contributed by atoms with Crippen LogP contribution in [-0.2, 0) is 10.0 Å². The minimum absolute atomic E-state index is 0.106. The van der Waals surface area contributed by atoms with Gasteiger partial charge in [0, 0.05) is 5.69 Å². The Hall–Kier alpha value is -2.27. The van der Waals surface area contributed by atoms with E-state index in [9.17, 15) is 8.42 Å². The number of sulfonamides is 1. The van der Waals surface area contributed by atoms with E-state index in [-0.39, 0.29) is 16.1 Å². The van der Waals surface area contributed by atoms with Crippen molar-refractivity contribution in [1.82, 2.24) is 0 Å². The molecule has 1 rings (SSSR count). The summed E-state index contributed by atoms with van der Waals surface area (Å²) in [6.45, 7) is 0. The molecule has 0 atom stereocenters. The zero-order chi connectivity index (χ0) is 12.3. The van der Waals surface area contributed by atoms with Crippen LogP contribution in [0.1, 0.15) is 5.56 Å². The van der Waals surface area contributed by atoms with Crippen molar-refractivity contribution in [2.75, 3.05) is 5.73 Å². The smallest absolute Gasteiger partial charge is 0.286 e. The van der Waals surface area contributed by atoms with Gasteiger partial charge in [-0.1, -0.05) is 0 Å². The van der Waals surface area contributed by atoms with Gasteiger partial charge in [-0.2, -0.15) is 13.7 Å². The summed E-state index contributed by atoms with van der Waals surface area (Å²) in [5, 5.41) is 8.76. The summed E-state index contributed by atoms with van der Waals surface area (Å²) in [6.07, 6.45) is 0. The molecular weight excluding hydrogens is 230 g/mol. The van der Waals surface area contributed by atoms with Gasteiger partial charge in [-0.15, -0.1) is 4.40 Å². The van der Waals surface area contributed by atoms with E-state index in [4.69, 9.17) is 22.5 Å². The topological polar surface area (TPSA) is 148 Å². The highest BCUT2D eigenvalue weighted by Crippen LogP contribution is 2.19. The van der Waals surface area contributed by atoms with Crippen molar-refractivity contribution in [2.24, 2.45) is 15.9 Å². The molecule has 0 aliphatic heterocycles. The van der Waals surface area contributed by atoms with Crippen LogP contribution in [0.2, 0.25) is 0 Å². The quantitative estimate of drug-likeness (QED) is 0.346. The van der Waals surface area contributed by atoms with Gasteiger partial charge in [-0.25, -0.2) is 0 Å². The molecule has 0 unspecified atom stereocenters. The van der Waals surface area contributed by atoms with Gasteiger partial charge in [0.15, 0.2) is 0 Å². The molecule has 0 heterocycles. The van der Waals surface area contributed by atoms with Crippen molar-refractivity contribution in [3.05, 3.63) is 23.8 Å². The molecule has 0 bridgehead atoms. The summed E-state index contributed by atoms with van der Waals surface area (Å²) in [5.41, 5.74) is 15.5. The molecule has 0 radical (unpaired) electrons. The largest absolute Gasteiger partial charge is 0.399 e. The third kappa shape index (κ3) is 2.40. The SMILES string of the molecule is N#Cc1cc(N)ccc1S(=O)(=O)N=C(N)N. The van der Waals surface area contributed by atoms with Gasteiger partial charge in [0.25, 0.3) is 10.0 Å². The molecule has 16 heavy (non-hydrogen) atoms. The molecule has 0 saturated carbocycles. The predicted molar refractivity (Wildman–Crippen MR) is 58.6 cm³/mol. The molecule has 0 aromatic heterocycles. The van der Waals surface area contributed by atoms with E-state index in [1.807, 2.05) is 0 Å². The van der Waals surface area contributed by atoms with E-state index in [1.165, 1.54) is 18.2 Å². The number of anilines is 1. The maximum atomic E-state index is 11.6. The van der Waals surface area contributed by atoms with Gasteiger partial charge >= 0.3 is 0 Å². The van der Waals surface area contributed by atoms with E-state index in [2.05, 4.69) is 4.40 Å². The zero-order valence-electron chi connectivity index (χ0n) is 8.08. The number of rotatable bonds is 2. The first kappa shape index (κ1) is 11.8. The summed E-state index contributed by atoms with van der Waals surface area (Å²) in [7, 11) is -4.06. The van der Waals surface area contributed by atoms with Gasteiger partial charge in [0.05, 0.1) is 5.56 Å². The highest BCUT2D eigenvalue weighted by Gasteiger charge is 2.18. The number of nitriles is 1. The van der Waals surface area contributed by atoms with E-state index in [0.717, 1.165) is 0 Å². The Kier molecular flexibility index (Phi) is 3.01. The minimum Gasteiger partial charge on any atom is -0.399 e. The molecule has 0 fully saturated rings. The molecule has 0 aliphatic carbocycles. The van der Waals surface area contributed by atoms with Crippen molar-refractivity contribution in [3.63, 3.8) is 0 Å². The lowest BCUT2D eigenvalue weighted by Crippen LogP contribution is -2.24. The van der Waals surface area contributed by atoms with Gasteiger partial charge in [-0.3, -0.25) is 0 Å². The Balaban J connectivity index is 3.47. The molecule has 6 N–H and O–H groups in total. The first-order valence-electron chi connectivity index (χ1n) is 4.02. The van der Waals surface area contributed by atoms with Crippen LogP contribution < -0.4 is 17.2 Å². The Bertz CT molecular complexity index is 581. The molecule has 0 saturated heterocycles. The second kappa shape index (κ2) is 4.08. The van der Waals surface area contributed by atoms with Crippen LogP contribution in [-0.4, -0.2) is 14.4 Å². The Morgan fingerprint density at radius 2 is 2.00 bits per heavy atom. The van der Waals surface area contributed by atoms with Gasteiger partial charge < -0.3 is 17.2 Å². The van der Waals surface area contributed by atoms with Crippen LogP contribution >= 0.6 is 0 Å². The monoisotopic (exact) mass is 239 g/mol. The fourth-order valence-electron chi connectivity index (χ4n) is 1.05. The van der Waals surface area contributed by atoms with Gasteiger partial charge in [0.2, 0.25) is 5.96 Å². The van der Waals surface area contributed by atoms with E-state index < -0.39 is 16.0 Å². The van der Waals surface area contributed by atoms with Gasteiger partial charge in [0.1, 0.15) is 11.0 Å². The van der Waals surface area contributed by atoms with E-state index in [0.29, 0.717) is 0 Å². The van der Waals surface area contributed by atoms with Crippen LogP contribution in [0.3, 0.4) is 0 Å². The Morgan fingerprint density at radius 1 is 1.38 bits per heavy atom. The van der Waals surface area contributed by atoms with Crippen molar-refractivity contribution in [3.8, 4) is 6.07 Å². The lowest BCUT2D eigenvalue weighted by Gasteiger charge is -2.02. The minimum atomic E-state index is -4.06. The van der Waals surface area contributed by atoms with Crippen molar-refractivity contribution < 1.29 is 8.42 Å². The summed E-state index contributed by atoms with van der Waals surface area (Å²) < 4.78 is 26.3. The van der Waals surface area contributed by atoms with Crippen LogP contribution in [0.15, 0.2) is 27.5 Å².